The predicted octanol–water partition coefficient (Wildman–Crippen LogP) is -2.05. The van der Waals surface area contributed by atoms with Gasteiger partial charge in [0.2, 0.25) is 11.8 Å². The second-order valence-corrected chi connectivity index (χ2v) is 3.25. The minimum Gasteiger partial charge on any atom is -0.353 e. The largest absolute Gasteiger partial charge is 0.353 e. The lowest BCUT2D eigenvalue weighted by atomic mass is 10.2. The van der Waals surface area contributed by atoms with Crippen molar-refractivity contribution in [2.75, 3.05) is 26.2 Å². The van der Waals surface area contributed by atoms with Crippen LogP contribution in [0.5, 0.6) is 0 Å². The zero-order chi connectivity index (χ0) is 12.0. The average Bonchev–Trinajstić information content (AvgIpc) is 2.29. The fourth-order valence-corrected chi connectivity index (χ4v) is 1.34. The topological polar surface area (TPSA) is 109 Å². The Bertz CT molecular complexity index is 341. The van der Waals surface area contributed by atoms with E-state index in [0.717, 1.165) is 4.90 Å². The van der Waals surface area contributed by atoms with Gasteiger partial charge >= 0.3 is 0 Å². The third-order valence-electron chi connectivity index (χ3n) is 2.15. The highest BCUT2D eigenvalue weighted by Crippen LogP contribution is 1.97. The highest BCUT2D eigenvalue weighted by atomic mass is 16.2. The Hall–Kier alpha value is -2.12. The number of rotatable bonds is 3. The first-order valence-corrected chi connectivity index (χ1v) is 4.71. The molecule has 2 amide bonds. The molecule has 16 heavy (non-hydrogen) atoms. The van der Waals surface area contributed by atoms with Crippen LogP contribution in [0.25, 0.3) is 0 Å². The maximum atomic E-state index is 11.8. The van der Waals surface area contributed by atoms with Crippen molar-refractivity contribution in [3.63, 3.8) is 0 Å². The van der Waals surface area contributed by atoms with Gasteiger partial charge in [-0.3, -0.25) is 14.9 Å². The van der Waals surface area contributed by atoms with Gasteiger partial charge in [0.25, 0.3) is 0 Å². The molecule has 1 atom stereocenters. The Kier molecular flexibility index (Phi) is 4.25. The number of nitrogens with zero attached hydrogens (tertiary/aromatic N) is 3. The molecule has 1 fully saturated rings. The van der Waals surface area contributed by atoms with Crippen LogP contribution in [0.2, 0.25) is 0 Å². The van der Waals surface area contributed by atoms with Gasteiger partial charge in [0.15, 0.2) is 0 Å². The lowest BCUT2D eigenvalue weighted by Gasteiger charge is -2.27. The van der Waals surface area contributed by atoms with E-state index in [1.165, 1.54) is 0 Å². The smallest absolute Gasteiger partial charge is 0.243 e. The summed E-state index contributed by atoms with van der Waals surface area (Å²) in [5, 5.41) is 22.3. The SMILES string of the molecule is N#CCN(CC#N)C(=O)C1CNC(=O)CN1. The van der Waals surface area contributed by atoms with Crippen LogP contribution in [0.3, 0.4) is 0 Å². The number of amides is 2. The van der Waals surface area contributed by atoms with E-state index in [0.29, 0.717) is 0 Å². The summed E-state index contributed by atoms with van der Waals surface area (Å²) in [5.41, 5.74) is 0. The second-order valence-electron chi connectivity index (χ2n) is 3.25. The van der Waals surface area contributed by atoms with E-state index >= 15 is 0 Å². The number of hydrogen-bond donors (Lipinski definition) is 2. The number of carbonyl (C=O) groups excluding carboxylic acids is 2. The van der Waals surface area contributed by atoms with Crippen molar-refractivity contribution in [1.82, 2.24) is 15.5 Å². The minimum absolute atomic E-state index is 0.0728. The third-order valence-corrected chi connectivity index (χ3v) is 2.15. The van der Waals surface area contributed by atoms with Crippen LogP contribution in [0, 0.1) is 22.7 Å². The molecule has 2 N–H and O–H groups in total. The van der Waals surface area contributed by atoms with Gasteiger partial charge in [-0.2, -0.15) is 10.5 Å². The molecule has 0 spiro atoms. The molecule has 1 saturated heterocycles. The van der Waals surface area contributed by atoms with Crippen molar-refractivity contribution >= 4 is 11.8 Å². The summed E-state index contributed by atoms with van der Waals surface area (Å²) in [6.45, 7) is 0.00537. The van der Waals surface area contributed by atoms with E-state index in [4.69, 9.17) is 10.5 Å². The first-order chi connectivity index (χ1) is 7.69. The van der Waals surface area contributed by atoms with Crippen molar-refractivity contribution in [2.24, 2.45) is 0 Å². The molecule has 0 aromatic rings. The van der Waals surface area contributed by atoms with Crippen molar-refractivity contribution in [2.45, 2.75) is 6.04 Å². The minimum atomic E-state index is -0.556. The first kappa shape index (κ1) is 12.0. The Morgan fingerprint density at radius 1 is 1.44 bits per heavy atom. The van der Waals surface area contributed by atoms with Crippen LogP contribution in [0.15, 0.2) is 0 Å². The summed E-state index contributed by atoms with van der Waals surface area (Å²) >= 11 is 0. The standard InChI is InChI=1S/C9H11N5O2/c10-1-3-14(4-2-11)9(16)7-5-13-8(15)6-12-7/h7,12H,3-6H2,(H,13,15). The highest BCUT2D eigenvalue weighted by Gasteiger charge is 2.27. The van der Waals surface area contributed by atoms with E-state index in [9.17, 15) is 9.59 Å². The molecule has 1 unspecified atom stereocenters. The molecule has 84 valence electrons. The van der Waals surface area contributed by atoms with E-state index < -0.39 is 6.04 Å². The van der Waals surface area contributed by atoms with Crippen LogP contribution in [-0.2, 0) is 9.59 Å². The summed E-state index contributed by atoms with van der Waals surface area (Å²) in [7, 11) is 0. The Labute approximate surface area is 92.6 Å². The van der Waals surface area contributed by atoms with Gasteiger partial charge in [-0.25, -0.2) is 0 Å². The van der Waals surface area contributed by atoms with Crippen molar-refractivity contribution in [3.8, 4) is 12.1 Å². The maximum absolute atomic E-state index is 11.8. The Morgan fingerprint density at radius 3 is 2.50 bits per heavy atom. The molecule has 0 aromatic heterocycles. The van der Waals surface area contributed by atoms with Gasteiger partial charge in [-0.05, 0) is 0 Å². The van der Waals surface area contributed by atoms with E-state index in [1.54, 1.807) is 0 Å². The highest BCUT2D eigenvalue weighted by molar-refractivity contribution is 5.87. The van der Waals surface area contributed by atoms with Crippen LogP contribution in [0.1, 0.15) is 0 Å². The molecule has 1 aliphatic heterocycles. The molecule has 0 bridgehead atoms. The fourth-order valence-electron chi connectivity index (χ4n) is 1.34. The van der Waals surface area contributed by atoms with Gasteiger partial charge in [0, 0.05) is 6.54 Å². The summed E-state index contributed by atoms with van der Waals surface area (Å²) in [6.07, 6.45) is 0. The number of piperazine rings is 1. The van der Waals surface area contributed by atoms with Crippen LogP contribution < -0.4 is 10.6 Å². The molecule has 1 heterocycles. The van der Waals surface area contributed by atoms with Gasteiger partial charge in [0.1, 0.15) is 19.1 Å². The molecular weight excluding hydrogens is 210 g/mol. The average molecular weight is 221 g/mol. The van der Waals surface area contributed by atoms with Gasteiger partial charge in [-0.1, -0.05) is 0 Å². The molecule has 0 aromatic carbocycles. The number of hydrogen-bond acceptors (Lipinski definition) is 5. The number of nitrogens with one attached hydrogen (secondary N) is 2. The lowest BCUT2D eigenvalue weighted by Crippen LogP contribution is -2.58. The lowest BCUT2D eigenvalue weighted by molar-refractivity contribution is -0.133. The summed E-state index contributed by atoms with van der Waals surface area (Å²) in [6, 6.07) is 3.08. The second kappa shape index (κ2) is 5.69. The van der Waals surface area contributed by atoms with Crippen LogP contribution in [0.4, 0.5) is 0 Å². The maximum Gasteiger partial charge on any atom is 0.243 e. The molecule has 7 heteroatoms. The quantitative estimate of drug-likeness (QED) is 0.533. The van der Waals surface area contributed by atoms with E-state index in [2.05, 4.69) is 10.6 Å². The molecular formula is C9H11N5O2. The van der Waals surface area contributed by atoms with Gasteiger partial charge in [-0.15, -0.1) is 0 Å². The molecule has 1 rings (SSSR count). The van der Waals surface area contributed by atoms with Crippen LogP contribution in [-0.4, -0.2) is 48.9 Å². The molecule has 0 radical (unpaired) electrons. The van der Waals surface area contributed by atoms with Crippen LogP contribution >= 0.6 is 0 Å². The summed E-state index contributed by atoms with van der Waals surface area (Å²) < 4.78 is 0. The van der Waals surface area contributed by atoms with E-state index in [1.807, 2.05) is 12.1 Å². The number of nitriles is 2. The third kappa shape index (κ3) is 2.94. The van der Waals surface area contributed by atoms with Gasteiger partial charge in [0.05, 0.1) is 18.7 Å². The normalized spacial score (nSPS) is 19.1. The van der Waals surface area contributed by atoms with Crippen molar-refractivity contribution in [3.05, 3.63) is 0 Å². The first-order valence-electron chi connectivity index (χ1n) is 4.71. The monoisotopic (exact) mass is 221 g/mol. The Balaban J connectivity index is 2.58. The zero-order valence-corrected chi connectivity index (χ0v) is 8.56. The predicted molar refractivity (Wildman–Crippen MR) is 52.6 cm³/mol. The van der Waals surface area contributed by atoms with Crippen molar-refractivity contribution in [1.29, 1.82) is 10.5 Å². The molecule has 0 aliphatic carbocycles. The zero-order valence-electron chi connectivity index (χ0n) is 8.56. The number of carbonyl (C=O) groups is 2. The molecule has 1 aliphatic rings. The molecule has 7 nitrogen and oxygen atoms in total. The Morgan fingerprint density at radius 2 is 2.06 bits per heavy atom. The summed E-state index contributed by atoms with van der Waals surface area (Å²) in [4.78, 5) is 23.8. The summed E-state index contributed by atoms with van der Waals surface area (Å²) in [5.74, 6) is -0.515. The van der Waals surface area contributed by atoms with E-state index in [-0.39, 0.29) is 38.0 Å². The molecule has 0 saturated carbocycles. The van der Waals surface area contributed by atoms with Gasteiger partial charge < -0.3 is 10.2 Å². The van der Waals surface area contributed by atoms with Crippen molar-refractivity contribution < 1.29 is 9.59 Å². The fraction of sp³-hybridized carbons (Fsp3) is 0.556.